The zero-order chi connectivity index (χ0) is 19.9. The third-order valence-electron chi connectivity index (χ3n) is 5.91. The summed E-state index contributed by atoms with van der Waals surface area (Å²) >= 11 is 0. The van der Waals surface area contributed by atoms with E-state index in [9.17, 15) is 4.79 Å². The van der Waals surface area contributed by atoms with Crippen LogP contribution in [0, 0.1) is 0 Å². The van der Waals surface area contributed by atoms with Crippen LogP contribution in [0.2, 0.25) is 0 Å². The van der Waals surface area contributed by atoms with Crippen molar-refractivity contribution in [3.8, 4) is 0 Å². The first-order valence-corrected chi connectivity index (χ1v) is 10.9. The second-order valence-corrected chi connectivity index (χ2v) is 7.98. The Balaban J connectivity index is 1.27. The average Bonchev–Trinajstić information content (AvgIpc) is 3.16. The normalized spacial score (nSPS) is 17.9. The number of carbonyl (C=O) groups excluding carboxylic acids is 1. The standard InChI is InChI=1S/C23H32N4O2/c28-23(24-10-8-19-4-2-1-3-5-19)25-21-6-7-22-20(18-21)9-11-27(22)13-12-26-14-16-29-17-15-26/h4,6-7,9,11,18H,1-3,5,8,10,12-17H2,(H2,24,25,28). The van der Waals surface area contributed by atoms with Gasteiger partial charge in [0.2, 0.25) is 0 Å². The van der Waals surface area contributed by atoms with E-state index in [0.717, 1.165) is 56.9 Å². The van der Waals surface area contributed by atoms with Crippen LogP contribution in [0.4, 0.5) is 10.5 Å². The molecule has 2 heterocycles. The molecule has 0 unspecified atom stereocenters. The minimum atomic E-state index is -0.132. The van der Waals surface area contributed by atoms with Gasteiger partial charge >= 0.3 is 6.03 Å². The highest BCUT2D eigenvalue weighted by Crippen LogP contribution is 2.21. The maximum absolute atomic E-state index is 12.2. The largest absolute Gasteiger partial charge is 0.379 e. The minimum Gasteiger partial charge on any atom is -0.379 e. The molecule has 0 bridgehead atoms. The molecule has 1 saturated heterocycles. The Bertz CT molecular complexity index is 852. The van der Waals surface area contributed by atoms with Crippen molar-refractivity contribution in [1.29, 1.82) is 0 Å². The van der Waals surface area contributed by atoms with Crippen molar-refractivity contribution in [2.24, 2.45) is 0 Å². The van der Waals surface area contributed by atoms with Crippen LogP contribution in [0.25, 0.3) is 10.9 Å². The quantitative estimate of drug-likeness (QED) is 0.696. The van der Waals surface area contributed by atoms with E-state index in [1.807, 2.05) is 12.1 Å². The number of carbonyl (C=O) groups is 1. The van der Waals surface area contributed by atoms with Crippen molar-refractivity contribution in [2.45, 2.75) is 38.6 Å². The average molecular weight is 397 g/mol. The van der Waals surface area contributed by atoms with E-state index < -0.39 is 0 Å². The number of ether oxygens (including phenoxy) is 1. The van der Waals surface area contributed by atoms with Crippen LogP contribution in [0.5, 0.6) is 0 Å². The zero-order valence-corrected chi connectivity index (χ0v) is 17.2. The fourth-order valence-electron chi connectivity index (χ4n) is 4.19. The van der Waals surface area contributed by atoms with Crippen molar-refractivity contribution >= 4 is 22.6 Å². The molecule has 156 valence electrons. The molecule has 0 radical (unpaired) electrons. The van der Waals surface area contributed by atoms with Crippen molar-refractivity contribution in [3.05, 3.63) is 42.1 Å². The molecule has 29 heavy (non-hydrogen) atoms. The van der Waals surface area contributed by atoms with E-state index >= 15 is 0 Å². The second kappa shape index (κ2) is 9.94. The van der Waals surface area contributed by atoms with Gasteiger partial charge < -0.3 is 19.9 Å². The summed E-state index contributed by atoms with van der Waals surface area (Å²) in [6.45, 7) is 6.39. The Labute approximate surface area is 172 Å². The van der Waals surface area contributed by atoms with Crippen LogP contribution in [-0.4, -0.2) is 54.9 Å². The van der Waals surface area contributed by atoms with E-state index in [2.05, 4.69) is 44.5 Å². The number of anilines is 1. The number of benzene rings is 1. The van der Waals surface area contributed by atoms with Crippen LogP contribution in [0.1, 0.15) is 32.1 Å². The summed E-state index contributed by atoms with van der Waals surface area (Å²) in [6.07, 6.45) is 10.4. The first-order chi connectivity index (χ1) is 14.3. The number of fused-ring (bicyclic) bond motifs is 1. The molecule has 1 aliphatic heterocycles. The number of aromatic nitrogens is 1. The van der Waals surface area contributed by atoms with Crippen molar-refractivity contribution in [1.82, 2.24) is 14.8 Å². The molecule has 0 atom stereocenters. The molecular weight excluding hydrogens is 364 g/mol. The third kappa shape index (κ3) is 5.61. The van der Waals surface area contributed by atoms with Crippen LogP contribution in [-0.2, 0) is 11.3 Å². The van der Waals surface area contributed by atoms with Gasteiger partial charge in [0, 0.05) is 55.5 Å². The first kappa shape index (κ1) is 20.0. The highest BCUT2D eigenvalue weighted by atomic mass is 16.5. The fraction of sp³-hybridized carbons (Fsp3) is 0.522. The van der Waals surface area contributed by atoms with Gasteiger partial charge in [0.15, 0.2) is 0 Å². The lowest BCUT2D eigenvalue weighted by atomic mass is 9.97. The predicted octanol–water partition coefficient (Wildman–Crippen LogP) is 3.99. The lowest BCUT2D eigenvalue weighted by Crippen LogP contribution is -2.38. The highest BCUT2D eigenvalue weighted by Gasteiger charge is 2.11. The molecule has 4 rings (SSSR count). The fourth-order valence-corrected chi connectivity index (χ4v) is 4.19. The number of allylic oxidation sites excluding steroid dienone is 1. The van der Waals surface area contributed by atoms with Gasteiger partial charge in [-0.05, 0) is 56.4 Å². The van der Waals surface area contributed by atoms with E-state index in [1.54, 1.807) is 0 Å². The molecule has 1 fully saturated rings. The summed E-state index contributed by atoms with van der Waals surface area (Å²) in [7, 11) is 0. The number of amides is 2. The number of urea groups is 1. The van der Waals surface area contributed by atoms with Crippen molar-refractivity contribution < 1.29 is 9.53 Å². The minimum absolute atomic E-state index is 0.132. The number of hydrogen-bond acceptors (Lipinski definition) is 3. The molecule has 1 aromatic heterocycles. The second-order valence-electron chi connectivity index (χ2n) is 7.98. The van der Waals surface area contributed by atoms with Gasteiger partial charge in [-0.15, -0.1) is 0 Å². The zero-order valence-electron chi connectivity index (χ0n) is 17.2. The van der Waals surface area contributed by atoms with Gasteiger partial charge in [0.25, 0.3) is 0 Å². The number of nitrogens with one attached hydrogen (secondary N) is 2. The highest BCUT2D eigenvalue weighted by molar-refractivity contribution is 5.92. The molecule has 0 saturated carbocycles. The van der Waals surface area contributed by atoms with Gasteiger partial charge in [-0.25, -0.2) is 4.79 Å². The molecule has 2 aliphatic rings. The van der Waals surface area contributed by atoms with Gasteiger partial charge in [-0.2, -0.15) is 0 Å². The summed E-state index contributed by atoms with van der Waals surface area (Å²) in [5.41, 5.74) is 3.52. The number of rotatable bonds is 7. The Morgan fingerprint density at radius 1 is 1.10 bits per heavy atom. The van der Waals surface area contributed by atoms with Gasteiger partial charge in [-0.3, -0.25) is 4.90 Å². The summed E-state index contributed by atoms with van der Waals surface area (Å²) < 4.78 is 7.70. The van der Waals surface area contributed by atoms with Crippen molar-refractivity contribution in [2.75, 3.05) is 44.7 Å². The lowest BCUT2D eigenvalue weighted by Gasteiger charge is -2.26. The lowest BCUT2D eigenvalue weighted by molar-refractivity contribution is 0.0365. The molecule has 2 aromatic rings. The topological polar surface area (TPSA) is 58.5 Å². The van der Waals surface area contributed by atoms with E-state index in [0.29, 0.717) is 6.54 Å². The maximum Gasteiger partial charge on any atom is 0.319 e. The molecule has 2 amide bonds. The monoisotopic (exact) mass is 396 g/mol. The summed E-state index contributed by atoms with van der Waals surface area (Å²) in [5.74, 6) is 0. The molecule has 6 heteroatoms. The van der Waals surface area contributed by atoms with E-state index in [1.165, 1.54) is 36.8 Å². The summed E-state index contributed by atoms with van der Waals surface area (Å²) in [6, 6.07) is 8.11. The molecular formula is C23H32N4O2. The Hall–Kier alpha value is -2.31. The number of hydrogen-bond donors (Lipinski definition) is 2. The maximum atomic E-state index is 12.2. The Kier molecular flexibility index (Phi) is 6.85. The van der Waals surface area contributed by atoms with Gasteiger partial charge in [0.1, 0.15) is 0 Å². The van der Waals surface area contributed by atoms with Crippen LogP contribution in [0.3, 0.4) is 0 Å². The van der Waals surface area contributed by atoms with Crippen LogP contribution >= 0.6 is 0 Å². The number of morpholine rings is 1. The third-order valence-corrected chi connectivity index (χ3v) is 5.91. The van der Waals surface area contributed by atoms with E-state index in [-0.39, 0.29) is 6.03 Å². The van der Waals surface area contributed by atoms with Gasteiger partial charge in [-0.1, -0.05) is 11.6 Å². The predicted molar refractivity (Wildman–Crippen MR) is 117 cm³/mol. The first-order valence-electron chi connectivity index (χ1n) is 10.9. The molecule has 2 N–H and O–H groups in total. The van der Waals surface area contributed by atoms with Crippen molar-refractivity contribution in [3.63, 3.8) is 0 Å². The Morgan fingerprint density at radius 2 is 2.00 bits per heavy atom. The Morgan fingerprint density at radius 3 is 2.83 bits per heavy atom. The van der Waals surface area contributed by atoms with Crippen LogP contribution < -0.4 is 10.6 Å². The molecule has 1 aliphatic carbocycles. The molecule has 0 spiro atoms. The summed E-state index contributed by atoms with van der Waals surface area (Å²) in [4.78, 5) is 14.7. The van der Waals surface area contributed by atoms with Crippen LogP contribution in [0.15, 0.2) is 42.1 Å². The SMILES string of the molecule is O=C(NCCC1=CCCCC1)Nc1ccc2c(ccn2CCN2CCOCC2)c1. The molecule has 6 nitrogen and oxygen atoms in total. The smallest absolute Gasteiger partial charge is 0.319 e. The summed E-state index contributed by atoms with van der Waals surface area (Å²) in [5, 5.41) is 7.09. The van der Waals surface area contributed by atoms with Gasteiger partial charge in [0.05, 0.1) is 13.2 Å². The van der Waals surface area contributed by atoms with E-state index in [4.69, 9.17) is 4.74 Å². The molecule has 1 aromatic carbocycles. The number of nitrogens with zero attached hydrogens (tertiary/aromatic N) is 2.